The van der Waals surface area contributed by atoms with Gasteiger partial charge in [-0.3, -0.25) is 4.68 Å². The van der Waals surface area contributed by atoms with Gasteiger partial charge in [0, 0.05) is 17.1 Å². The zero-order valence-electron chi connectivity index (χ0n) is 10.9. The van der Waals surface area contributed by atoms with E-state index >= 15 is 0 Å². The molecule has 0 bridgehead atoms. The van der Waals surface area contributed by atoms with E-state index in [1.165, 1.54) is 0 Å². The topological polar surface area (TPSA) is 38.0 Å². The van der Waals surface area contributed by atoms with Crippen molar-refractivity contribution in [3.05, 3.63) is 51.2 Å². The fourth-order valence-corrected chi connectivity index (χ4v) is 3.21. The molecule has 1 unspecified atom stereocenters. The van der Waals surface area contributed by atoms with Gasteiger partial charge in [-0.2, -0.15) is 5.10 Å². The van der Waals surface area contributed by atoms with Crippen molar-refractivity contribution >= 4 is 27.5 Å². The molecular formula is C14H16BrClN2O. The highest BCUT2D eigenvalue weighted by atomic mass is 79.9. The van der Waals surface area contributed by atoms with Gasteiger partial charge < -0.3 is 5.11 Å². The molecule has 1 atom stereocenters. The lowest BCUT2D eigenvalue weighted by molar-refractivity contribution is 0.0907. The largest absolute Gasteiger partial charge is 0.379 e. The first-order valence-corrected chi connectivity index (χ1v) is 7.34. The Hall–Kier alpha value is -0.840. The smallest absolute Gasteiger partial charge is 0.131 e. The molecule has 2 aromatic rings. The molecule has 3 nitrogen and oxygen atoms in total. The van der Waals surface area contributed by atoms with Gasteiger partial charge in [0.25, 0.3) is 0 Å². The molecule has 2 rings (SSSR count). The fourth-order valence-electron chi connectivity index (χ4n) is 2.21. The van der Waals surface area contributed by atoms with Gasteiger partial charge in [-0.1, -0.05) is 36.7 Å². The van der Waals surface area contributed by atoms with Gasteiger partial charge in [0.05, 0.1) is 16.4 Å². The van der Waals surface area contributed by atoms with Gasteiger partial charge >= 0.3 is 0 Å². The SMILES string of the molecule is CCCn1ncc(Br)c1C(C)(O)c1ccccc1Cl. The van der Waals surface area contributed by atoms with E-state index in [4.69, 9.17) is 11.6 Å². The van der Waals surface area contributed by atoms with E-state index in [0.717, 1.165) is 23.1 Å². The lowest BCUT2D eigenvalue weighted by Gasteiger charge is -2.26. The fraction of sp³-hybridized carbons (Fsp3) is 0.357. The molecule has 5 heteroatoms. The summed E-state index contributed by atoms with van der Waals surface area (Å²) in [7, 11) is 0. The van der Waals surface area contributed by atoms with E-state index in [1.54, 1.807) is 19.2 Å². The van der Waals surface area contributed by atoms with Crippen molar-refractivity contribution in [3.8, 4) is 0 Å². The Kier molecular flexibility index (Phi) is 4.33. The van der Waals surface area contributed by atoms with E-state index in [9.17, 15) is 5.11 Å². The van der Waals surface area contributed by atoms with Gasteiger partial charge in [0.1, 0.15) is 5.60 Å². The number of halogens is 2. The Balaban J connectivity index is 2.56. The van der Waals surface area contributed by atoms with Crippen LogP contribution in [0.3, 0.4) is 0 Å². The molecule has 19 heavy (non-hydrogen) atoms. The minimum absolute atomic E-state index is 0.545. The molecule has 0 aliphatic rings. The molecular weight excluding hydrogens is 328 g/mol. The third-order valence-corrected chi connectivity index (χ3v) is 4.00. The second-order valence-corrected chi connectivity index (χ2v) is 5.88. The number of nitrogens with zero attached hydrogens (tertiary/aromatic N) is 2. The van der Waals surface area contributed by atoms with E-state index in [-0.39, 0.29) is 0 Å². The average molecular weight is 344 g/mol. The van der Waals surface area contributed by atoms with Gasteiger partial charge in [-0.25, -0.2) is 0 Å². The van der Waals surface area contributed by atoms with Crippen molar-refractivity contribution in [1.29, 1.82) is 0 Å². The Morgan fingerprint density at radius 2 is 2.11 bits per heavy atom. The molecule has 1 aromatic carbocycles. The monoisotopic (exact) mass is 342 g/mol. The first-order valence-electron chi connectivity index (χ1n) is 6.17. The maximum absolute atomic E-state index is 10.9. The van der Waals surface area contributed by atoms with Crippen molar-refractivity contribution < 1.29 is 5.11 Å². The Morgan fingerprint density at radius 1 is 1.42 bits per heavy atom. The van der Waals surface area contributed by atoms with Crippen LogP contribution in [0.25, 0.3) is 0 Å². The quantitative estimate of drug-likeness (QED) is 0.912. The van der Waals surface area contributed by atoms with Crippen LogP contribution in [0.2, 0.25) is 5.02 Å². The summed E-state index contributed by atoms with van der Waals surface area (Å²) in [5.41, 5.74) is 0.209. The Labute approximate surface area is 126 Å². The Morgan fingerprint density at radius 3 is 2.74 bits per heavy atom. The maximum Gasteiger partial charge on any atom is 0.131 e. The summed E-state index contributed by atoms with van der Waals surface area (Å²) in [6.45, 7) is 4.56. The highest BCUT2D eigenvalue weighted by molar-refractivity contribution is 9.10. The molecule has 102 valence electrons. The van der Waals surface area contributed by atoms with Crippen molar-refractivity contribution in [3.63, 3.8) is 0 Å². The summed E-state index contributed by atoms with van der Waals surface area (Å²) in [5.74, 6) is 0. The van der Waals surface area contributed by atoms with Crippen LogP contribution in [0.15, 0.2) is 34.9 Å². The van der Waals surface area contributed by atoms with Crippen molar-refractivity contribution in [2.45, 2.75) is 32.4 Å². The highest BCUT2D eigenvalue weighted by Gasteiger charge is 2.33. The zero-order chi connectivity index (χ0) is 14.0. The molecule has 0 saturated heterocycles. The summed E-state index contributed by atoms with van der Waals surface area (Å²) in [4.78, 5) is 0. The highest BCUT2D eigenvalue weighted by Crippen LogP contribution is 2.37. The van der Waals surface area contributed by atoms with Crippen LogP contribution in [0.1, 0.15) is 31.5 Å². The van der Waals surface area contributed by atoms with Crippen LogP contribution in [0.5, 0.6) is 0 Å². The van der Waals surface area contributed by atoms with Crippen LogP contribution in [0, 0.1) is 0 Å². The van der Waals surface area contributed by atoms with E-state index in [2.05, 4.69) is 28.0 Å². The molecule has 0 fully saturated rings. The number of hydrogen-bond donors (Lipinski definition) is 1. The van der Waals surface area contributed by atoms with E-state index in [0.29, 0.717) is 10.6 Å². The molecule has 0 spiro atoms. The summed E-state index contributed by atoms with van der Waals surface area (Å²) in [6.07, 6.45) is 2.65. The minimum atomic E-state index is -1.19. The predicted octanol–water partition coefficient (Wildman–Crippen LogP) is 3.96. The molecule has 1 aromatic heterocycles. The number of aromatic nitrogens is 2. The third-order valence-electron chi connectivity index (χ3n) is 3.09. The van der Waals surface area contributed by atoms with Gasteiger partial charge in [0.2, 0.25) is 0 Å². The van der Waals surface area contributed by atoms with Crippen molar-refractivity contribution in [1.82, 2.24) is 9.78 Å². The average Bonchev–Trinajstić information content (AvgIpc) is 2.72. The first kappa shape index (κ1) is 14.6. The summed E-state index contributed by atoms with van der Waals surface area (Å²) in [6, 6.07) is 7.32. The molecule has 1 N–H and O–H groups in total. The standard InChI is InChI=1S/C14H16BrClN2O/c1-3-8-18-13(11(15)9-17-18)14(2,19)10-6-4-5-7-12(10)16/h4-7,9,19H,3,8H2,1-2H3. The molecule has 0 radical (unpaired) electrons. The summed E-state index contributed by atoms with van der Waals surface area (Å²) in [5, 5.41) is 15.8. The number of rotatable bonds is 4. The number of benzene rings is 1. The number of aryl methyl sites for hydroxylation is 1. The van der Waals surface area contributed by atoms with Crippen molar-refractivity contribution in [2.75, 3.05) is 0 Å². The summed E-state index contributed by atoms with van der Waals surface area (Å²) < 4.78 is 2.60. The van der Waals surface area contributed by atoms with Crippen LogP contribution < -0.4 is 0 Å². The minimum Gasteiger partial charge on any atom is -0.379 e. The van der Waals surface area contributed by atoms with Crippen molar-refractivity contribution in [2.24, 2.45) is 0 Å². The molecule has 0 saturated carbocycles. The second kappa shape index (κ2) is 5.65. The van der Waals surface area contributed by atoms with Crippen LogP contribution in [-0.4, -0.2) is 14.9 Å². The van der Waals surface area contributed by atoms with Gasteiger partial charge in [0.15, 0.2) is 0 Å². The normalized spacial score (nSPS) is 14.4. The second-order valence-electron chi connectivity index (χ2n) is 4.62. The Bertz CT molecular complexity index is 581. The molecule has 0 aliphatic carbocycles. The summed E-state index contributed by atoms with van der Waals surface area (Å²) >= 11 is 9.66. The lowest BCUT2D eigenvalue weighted by Crippen LogP contribution is -2.28. The molecule has 0 amide bonds. The van der Waals surface area contributed by atoms with Gasteiger partial charge in [-0.05, 0) is 35.3 Å². The molecule has 1 heterocycles. The van der Waals surface area contributed by atoms with E-state index in [1.807, 2.05) is 22.9 Å². The van der Waals surface area contributed by atoms with Gasteiger partial charge in [-0.15, -0.1) is 0 Å². The zero-order valence-corrected chi connectivity index (χ0v) is 13.2. The van der Waals surface area contributed by atoms with Crippen LogP contribution in [0.4, 0.5) is 0 Å². The van der Waals surface area contributed by atoms with Crippen LogP contribution >= 0.6 is 27.5 Å². The van der Waals surface area contributed by atoms with E-state index < -0.39 is 5.60 Å². The number of hydrogen-bond acceptors (Lipinski definition) is 2. The predicted molar refractivity (Wildman–Crippen MR) is 80.3 cm³/mol. The molecule has 0 aliphatic heterocycles. The van der Waals surface area contributed by atoms with Crippen LogP contribution in [-0.2, 0) is 12.1 Å². The third kappa shape index (κ3) is 2.71. The number of aliphatic hydroxyl groups is 1. The maximum atomic E-state index is 10.9. The first-order chi connectivity index (χ1) is 8.98. The lowest BCUT2D eigenvalue weighted by atomic mass is 9.92.